The van der Waals surface area contributed by atoms with Crippen LogP contribution in [0, 0.1) is 6.92 Å². The average Bonchev–Trinajstić information content (AvgIpc) is 2.82. The average molecular weight is 315 g/mol. The topological polar surface area (TPSA) is 82.6 Å². The van der Waals surface area contributed by atoms with Crippen LogP contribution in [0.1, 0.15) is 36.0 Å². The molecule has 1 aromatic rings. The third kappa shape index (κ3) is 5.73. The molecule has 0 fully saturated rings. The molecule has 1 aliphatic heterocycles. The molecule has 0 saturated carbocycles. The SMILES string of the molecule is [CH2]CNC(=O)CNC(=O)c1cccc(NC2=NCCCCC2)c1. The van der Waals surface area contributed by atoms with Crippen LogP contribution < -0.4 is 16.0 Å². The molecule has 23 heavy (non-hydrogen) atoms. The first-order chi connectivity index (χ1) is 11.2. The van der Waals surface area contributed by atoms with E-state index in [2.05, 4.69) is 27.9 Å². The highest BCUT2D eigenvalue weighted by Gasteiger charge is 2.09. The zero-order chi connectivity index (χ0) is 16.5. The Hall–Kier alpha value is -2.37. The number of hydrogen-bond donors (Lipinski definition) is 3. The maximum absolute atomic E-state index is 12.1. The molecule has 6 nitrogen and oxygen atoms in total. The van der Waals surface area contributed by atoms with Crippen molar-refractivity contribution in [3.63, 3.8) is 0 Å². The van der Waals surface area contributed by atoms with E-state index in [9.17, 15) is 9.59 Å². The molecule has 0 bridgehead atoms. The molecule has 0 unspecified atom stereocenters. The van der Waals surface area contributed by atoms with Crippen LogP contribution in [0.2, 0.25) is 0 Å². The van der Waals surface area contributed by atoms with Crippen LogP contribution in [0.5, 0.6) is 0 Å². The highest BCUT2D eigenvalue weighted by Crippen LogP contribution is 2.14. The van der Waals surface area contributed by atoms with Gasteiger partial charge in [0.2, 0.25) is 5.91 Å². The lowest BCUT2D eigenvalue weighted by Crippen LogP contribution is -2.36. The van der Waals surface area contributed by atoms with Gasteiger partial charge in [0.05, 0.1) is 6.54 Å². The minimum atomic E-state index is -0.282. The number of nitrogens with one attached hydrogen (secondary N) is 3. The molecule has 123 valence electrons. The van der Waals surface area contributed by atoms with Crippen LogP contribution in [0.15, 0.2) is 29.3 Å². The van der Waals surface area contributed by atoms with Crippen molar-refractivity contribution in [3.05, 3.63) is 36.8 Å². The second-order valence-electron chi connectivity index (χ2n) is 5.38. The zero-order valence-electron chi connectivity index (χ0n) is 13.2. The van der Waals surface area contributed by atoms with Gasteiger partial charge in [-0.2, -0.15) is 0 Å². The van der Waals surface area contributed by atoms with Gasteiger partial charge in [0.15, 0.2) is 0 Å². The second kappa shape index (κ2) is 8.92. The van der Waals surface area contributed by atoms with Gasteiger partial charge in [-0.3, -0.25) is 14.6 Å². The first-order valence-electron chi connectivity index (χ1n) is 7.93. The van der Waals surface area contributed by atoms with Gasteiger partial charge >= 0.3 is 0 Å². The van der Waals surface area contributed by atoms with Crippen LogP contribution in [-0.4, -0.2) is 37.3 Å². The molecule has 0 aliphatic carbocycles. The molecule has 6 heteroatoms. The summed E-state index contributed by atoms with van der Waals surface area (Å²) in [6, 6.07) is 7.20. The number of amides is 2. The molecule has 2 amide bonds. The van der Waals surface area contributed by atoms with Crippen molar-refractivity contribution >= 4 is 23.3 Å². The van der Waals surface area contributed by atoms with E-state index in [4.69, 9.17) is 0 Å². The number of anilines is 1. The summed E-state index contributed by atoms with van der Waals surface area (Å²) in [4.78, 5) is 28.0. The predicted octanol–water partition coefficient (Wildman–Crippen LogP) is 1.75. The Labute approximate surface area is 136 Å². The van der Waals surface area contributed by atoms with E-state index in [0.29, 0.717) is 12.1 Å². The van der Waals surface area contributed by atoms with Crippen LogP contribution in [0.3, 0.4) is 0 Å². The molecule has 0 atom stereocenters. The molecule has 0 spiro atoms. The van der Waals surface area contributed by atoms with Crippen molar-refractivity contribution in [1.29, 1.82) is 0 Å². The normalized spacial score (nSPS) is 14.4. The van der Waals surface area contributed by atoms with Gasteiger partial charge in [-0.05, 0) is 38.0 Å². The summed E-state index contributed by atoms with van der Waals surface area (Å²) in [6.45, 7) is 4.62. The largest absolute Gasteiger partial charge is 0.355 e. The standard InChI is InChI=1S/C17H23N4O2/c1-2-18-16(22)12-20-17(23)13-7-6-8-14(11-13)21-15-9-4-3-5-10-19-15/h6-8,11H,1-5,9-10,12H2,(H,18,22)(H,19,21)(H,20,23). The third-order valence-corrected chi connectivity index (χ3v) is 3.52. The highest BCUT2D eigenvalue weighted by molar-refractivity contribution is 5.99. The number of amidine groups is 1. The number of carbonyl (C=O) groups is 2. The van der Waals surface area contributed by atoms with Gasteiger partial charge in [-0.25, -0.2) is 0 Å². The van der Waals surface area contributed by atoms with Gasteiger partial charge in [0.25, 0.3) is 5.91 Å². The molecular formula is C17H23N4O2. The van der Waals surface area contributed by atoms with Crippen molar-refractivity contribution in [3.8, 4) is 0 Å². The lowest BCUT2D eigenvalue weighted by Gasteiger charge is -2.10. The van der Waals surface area contributed by atoms with Crippen molar-refractivity contribution in [2.24, 2.45) is 4.99 Å². The van der Waals surface area contributed by atoms with Gasteiger partial charge in [0, 0.05) is 30.8 Å². The third-order valence-electron chi connectivity index (χ3n) is 3.52. The summed E-state index contributed by atoms with van der Waals surface area (Å²) in [5.74, 6) is 0.431. The summed E-state index contributed by atoms with van der Waals surface area (Å²) >= 11 is 0. The summed E-state index contributed by atoms with van der Waals surface area (Å²) in [7, 11) is 0. The van der Waals surface area contributed by atoms with E-state index in [1.165, 1.54) is 6.42 Å². The fourth-order valence-electron chi connectivity index (χ4n) is 2.35. The minimum Gasteiger partial charge on any atom is -0.355 e. The molecule has 3 N–H and O–H groups in total. The fraction of sp³-hybridized carbons (Fsp3) is 0.412. The second-order valence-corrected chi connectivity index (χ2v) is 5.38. The Kier molecular flexibility index (Phi) is 6.59. The van der Waals surface area contributed by atoms with Gasteiger partial charge in [-0.1, -0.05) is 12.5 Å². The van der Waals surface area contributed by atoms with Gasteiger partial charge in [0.1, 0.15) is 5.84 Å². The molecule has 1 heterocycles. The van der Waals surface area contributed by atoms with E-state index < -0.39 is 0 Å². The Bertz CT molecular complexity index is 584. The van der Waals surface area contributed by atoms with E-state index in [1.807, 2.05) is 12.1 Å². The first kappa shape index (κ1) is 17.0. The summed E-state index contributed by atoms with van der Waals surface area (Å²) in [5.41, 5.74) is 1.34. The molecule has 0 aromatic heterocycles. The summed E-state index contributed by atoms with van der Waals surface area (Å²) < 4.78 is 0. The molecule has 2 rings (SSSR count). The van der Waals surface area contributed by atoms with Gasteiger partial charge in [-0.15, -0.1) is 0 Å². The number of hydrogen-bond acceptors (Lipinski definition) is 4. The number of carbonyl (C=O) groups excluding carboxylic acids is 2. The number of benzene rings is 1. The Morgan fingerprint density at radius 2 is 2.04 bits per heavy atom. The smallest absolute Gasteiger partial charge is 0.251 e. The molecule has 0 saturated heterocycles. The Morgan fingerprint density at radius 1 is 1.17 bits per heavy atom. The van der Waals surface area contributed by atoms with Crippen LogP contribution in [0.25, 0.3) is 0 Å². The minimum absolute atomic E-state index is 0.0568. The van der Waals surface area contributed by atoms with Crippen molar-refractivity contribution in [2.75, 3.05) is 25.0 Å². The predicted molar refractivity (Wildman–Crippen MR) is 91.5 cm³/mol. The molecule has 1 aromatic carbocycles. The van der Waals surface area contributed by atoms with E-state index >= 15 is 0 Å². The van der Waals surface area contributed by atoms with Crippen LogP contribution in [0.4, 0.5) is 5.69 Å². The van der Waals surface area contributed by atoms with E-state index in [-0.39, 0.29) is 18.4 Å². The lowest BCUT2D eigenvalue weighted by molar-refractivity contribution is -0.119. The maximum Gasteiger partial charge on any atom is 0.251 e. The number of aliphatic imine (C=N–C) groups is 1. The van der Waals surface area contributed by atoms with Crippen molar-refractivity contribution < 1.29 is 9.59 Å². The Morgan fingerprint density at radius 3 is 2.87 bits per heavy atom. The maximum atomic E-state index is 12.1. The molecular weight excluding hydrogens is 292 g/mol. The lowest BCUT2D eigenvalue weighted by atomic mass is 10.1. The highest BCUT2D eigenvalue weighted by atomic mass is 16.2. The zero-order valence-corrected chi connectivity index (χ0v) is 13.2. The fourth-order valence-corrected chi connectivity index (χ4v) is 2.35. The number of nitrogens with zero attached hydrogens (tertiary/aromatic N) is 1. The quantitative estimate of drug-likeness (QED) is 0.774. The monoisotopic (exact) mass is 315 g/mol. The van der Waals surface area contributed by atoms with Gasteiger partial charge < -0.3 is 16.0 Å². The summed E-state index contributed by atoms with van der Waals surface area (Å²) in [5, 5.41) is 8.40. The van der Waals surface area contributed by atoms with Crippen molar-refractivity contribution in [2.45, 2.75) is 25.7 Å². The molecule has 1 radical (unpaired) electrons. The van der Waals surface area contributed by atoms with Crippen LogP contribution >= 0.6 is 0 Å². The molecule has 1 aliphatic rings. The van der Waals surface area contributed by atoms with E-state index in [1.54, 1.807) is 12.1 Å². The summed E-state index contributed by atoms with van der Waals surface area (Å²) in [6.07, 6.45) is 4.39. The Balaban J connectivity index is 1.94. The van der Waals surface area contributed by atoms with Crippen LogP contribution in [-0.2, 0) is 4.79 Å². The number of rotatable bonds is 5. The van der Waals surface area contributed by atoms with Crippen molar-refractivity contribution in [1.82, 2.24) is 10.6 Å². The van der Waals surface area contributed by atoms with E-state index in [0.717, 1.165) is 37.3 Å². The first-order valence-corrected chi connectivity index (χ1v) is 7.93.